The molecule has 114 valence electrons. The van der Waals surface area contributed by atoms with E-state index in [9.17, 15) is 0 Å². The van der Waals surface area contributed by atoms with E-state index in [4.69, 9.17) is 9.72 Å². The van der Waals surface area contributed by atoms with Crippen molar-refractivity contribution in [3.05, 3.63) is 10.6 Å². The number of hydrogen-bond donors (Lipinski definition) is 1. The summed E-state index contributed by atoms with van der Waals surface area (Å²) >= 11 is 1.86. The van der Waals surface area contributed by atoms with Gasteiger partial charge in [-0.05, 0) is 32.2 Å². The predicted molar refractivity (Wildman–Crippen MR) is 85.7 cm³/mol. The van der Waals surface area contributed by atoms with E-state index in [1.165, 1.54) is 22.1 Å². The molecule has 0 radical (unpaired) electrons. The monoisotopic (exact) mass is 297 g/mol. The molecule has 1 aliphatic heterocycles. The summed E-state index contributed by atoms with van der Waals surface area (Å²) in [6, 6.07) is 0. The molecular formula is C15H27N3OS. The molecule has 5 heteroatoms. The van der Waals surface area contributed by atoms with Gasteiger partial charge in [-0.3, -0.25) is 0 Å². The highest BCUT2D eigenvalue weighted by Crippen LogP contribution is 2.29. The van der Waals surface area contributed by atoms with Crippen LogP contribution < -0.4 is 10.2 Å². The zero-order valence-electron chi connectivity index (χ0n) is 12.9. The van der Waals surface area contributed by atoms with Gasteiger partial charge in [-0.25, -0.2) is 4.98 Å². The van der Waals surface area contributed by atoms with Gasteiger partial charge in [0.1, 0.15) is 0 Å². The topological polar surface area (TPSA) is 37.4 Å². The first-order valence-electron chi connectivity index (χ1n) is 7.75. The van der Waals surface area contributed by atoms with Crippen molar-refractivity contribution < 1.29 is 4.74 Å². The Morgan fingerprint density at radius 1 is 1.35 bits per heavy atom. The fourth-order valence-electron chi connectivity index (χ4n) is 2.58. The van der Waals surface area contributed by atoms with Crippen LogP contribution in [0, 0.1) is 0 Å². The lowest BCUT2D eigenvalue weighted by molar-refractivity contribution is 0.0819. The largest absolute Gasteiger partial charge is 0.381 e. The minimum atomic E-state index is 0.433. The Morgan fingerprint density at radius 3 is 2.70 bits per heavy atom. The zero-order chi connectivity index (χ0) is 14.4. The van der Waals surface area contributed by atoms with Crippen LogP contribution in [0.15, 0.2) is 0 Å². The summed E-state index contributed by atoms with van der Waals surface area (Å²) in [6.45, 7) is 8.57. The molecule has 1 N–H and O–H groups in total. The maximum Gasteiger partial charge on any atom is 0.185 e. The molecule has 1 aliphatic rings. The molecule has 0 amide bonds. The van der Waals surface area contributed by atoms with Gasteiger partial charge >= 0.3 is 0 Å². The first-order chi connectivity index (χ1) is 9.78. The van der Waals surface area contributed by atoms with Crippen molar-refractivity contribution in [1.29, 1.82) is 0 Å². The van der Waals surface area contributed by atoms with E-state index >= 15 is 0 Å². The van der Waals surface area contributed by atoms with E-state index in [0.29, 0.717) is 6.10 Å². The van der Waals surface area contributed by atoms with Gasteiger partial charge in [0.2, 0.25) is 0 Å². The predicted octanol–water partition coefficient (Wildman–Crippen LogP) is 2.82. The molecule has 1 saturated heterocycles. The lowest BCUT2D eigenvalue weighted by Gasteiger charge is -2.30. The van der Waals surface area contributed by atoms with Gasteiger partial charge in [0.15, 0.2) is 5.13 Å². The van der Waals surface area contributed by atoms with E-state index < -0.39 is 0 Å². The van der Waals surface area contributed by atoms with Crippen LogP contribution in [0.3, 0.4) is 0 Å². The molecule has 1 aromatic heterocycles. The number of methoxy groups -OCH3 is 1. The normalized spacial score (nSPS) is 16.9. The number of aromatic nitrogens is 1. The van der Waals surface area contributed by atoms with Crippen molar-refractivity contribution >= 4 is 16.5 Å². The summed E-state index contributed by atoms with van der Waals surface area (Å²) in [5.74, 6) is 0. The number of aryl methyl sites for hydroxylation is 1. The maximum absolute atomic E-state index is 5.44. The number of nitrogens with one attached hydrogen (secondary N) is 1. The molecule has 0 atom stereocenters. The minimum absolute atomic E-state index is 0.433. The minimum Gasteiger partial charge on any atom is -0.381 e. The maximum atomic E-state index is 5.44. The summed E-state index contributed by atoms with van der Waals surface area (Å²) in [4.78, 5) is 8.67. The van der Waals surface area contributed by atoms with E-state index in [1.54, 1.807) is 0 Å². The highest BCUT2D eigenvalue weighted by Gasteiger charge is 2.22. The van der Waals surface area contributed by atoms with Crippen LogP contribution in [0.5, 0.6) is 0 Å². The number of nitrogens with zero attached hydrogens (tertiary/aromatic N) is 2. The first-order valence-corrected chi connectivity index (χ1v) is 8.57. The fourth-order valence-corrected chi connectivity index (χ4v) is 3.75. The third kappa shape index (κ3) is 3.93. The van der Waals surface area contributed by atoms with Gasteiger partial charge in [0.05, 0.1) is 11.8 Å². The molecule has 0 spiro atoms. The van der Waals surface area contributed by atoms with Gasteiger partial charge in [-0.1, -0.05) is 13.8 Å². The molecule has 0 unspecified atom stereocenters. The van der Waals surface area contributed by atoms with Crippen molar-refractivity contribution in [1.82, 2.24) is 10.3 Å². The number of hydrogen-bond acceptors (Lipinski definition) is 5. The zero-order valence-corrected chi connectivity index (χ0v) is 13.8. The van der Waals surface area contributed by atoms with E-state index in [2.05, 4.69) is 24.1 Å². The quantitative estimate of drug-likeness (QED) is 0.785. The molecule has 0 aliphatic carbocycles. The van der Waals surface area contributed by atoms with Gasteiger partial charge < -0.3 is 15.0 Å². The Balaban J connectivity index is 1.98. The Bertz CT molecular complexity index is 400. The van der Waals surface area contributed by atoms with E-state index in [1.807, 2.05) is 18.4 Å². The van der Waals surface area contributed by atoms with E-state index in [0.717, 1.165) is 45.4 Å². The molecule has 2 heterocycles. The van der Waals surface area contributed by atoms with Crippen LogP contribution in [-0.2, 0) is 17.7 Å². The number of anilines is 1. The summed E-state index contributed by atoms with van der Waals surface area (Å²) in [5, 5.41) is 4.69. The second kappa shape index (κ2) is 7.96. The standard InChI is InChI=1S/C15H27N3OS/c1-4-8-16-11-14-13(5-2)17-15(20-14)18-9-6-12(19-3)7-10-18/h12,16H,4-11H2,1-3H3. The average Bonchev–Trinajstić information content (AvgIpc) is 2.91. The third-order valence-corrected chi connectivity index (χ3v) is 5.02. The molecule has 4 nitrogen and oxygen atoms in total. The van der Waals surface area contributed by atoms with Crippen molar-refractivity contribution in [2.45, 2.75) is 52.2 Å². The molecule has 0 bridgehead atoms. The first kappa shape index (κ1) is 15.7. The molecule has 1 aromatic rings. The third-order valence-electron chi connectivity index (χ3n) is 3.86. The molecular weight excluding hydrogens is 270 g/mol. The second-order valence-corrected chi connectivity index (χ2v) is 6.38. The van der Waals surface area contributed by atoms with Gasteiger partial charge in [0.25, 0.3) is 0 Å². The lowest BCUT2D eigenvalue weighted by atomic mass is 10.1. The Hall–Kier alpha value is -0.650. The Kier molecular flexibility index (Phi) is 6.26. The second-order valence-electron chi connectivity index (χ2n) is 5.32. The Morgan fingerprint density at radius 2 is 2.10 bits per heavy atom. The van der Waals surface area contributed by atoms with Crippen molar-refractivity contribution in [3.63, 3.8) is 0 Å². The number of piperidine rings is 1. The lowest BCUT2D eigenvalue weighted by Crippen LogP contribution is -2.36. The van der Waals surface area contributed by atoms with E-state index in [-0.39, 0.29) is 0 Å². The highest BCUT2D eigenvalue weighted by atomic mass is 32.1. The van der Waals surface area contributed by atoms with Crippen LogP contribution in [0.4, 0.5) is 5.13 Å². The van der Waals surface area contributed by atoms with Crippen LogP contribution in [0.2, 0.25) is 0 Å². The van der Waals surface area contributed by atoms with Crippen LogP contribution >= 0.6 is 11.3 Å². The van der Waals surface area contributed by atoms with Crippen LogP contribution in [-0.4, -0.2) is 37.8 Å². The van der Waals surface area contributed by atoms with Crippen molar-refractivity contribution in [2.24, 2.45) is 0 Å². The molecule has 0 saturated carbocycles. The average molecular weight is 297 g/mol. The Labute approximate surface area is 126 Å². The van der Waals surface area contributed by atoms with Gasteiger partial charge in [-0.2, -0.15) is 0 Å². The summed E-state index contributed by atoms with van der Waals surface area (Å²) in [7, 11) is 1.82. The molecule has 0 aromatic carbocycles. The van der Waals surface area contributed by atoms with Gasteiger partial charge in [0, 0.05) is 31.6 Å². The number of ether oxygens (including phenoxy) is 1. The number of thiazole rings is 1. The summed E-state index contributed by atoms with van der Waals surface area (Å²) in [5.41, 5.74) is 1.27. The number of rotatable bonds is 7. The summed E-state index contributed by atoms with van der Waals surface area (Å²) in [6.07, 6.45) is 4.86. The van der Waals surface area contributed by atoms with Crippen LogP contribution in [0.25, 0.3) is 0 Å². The molecule has 20 heavy (non-hydrogen) atoms. The SMILES string of the molecule is CCCNCc1sc(N2CCC(OC)CC2)nc1CC. The van der Waals surface area contributed by atoms with Gasteiger partial charge in [-0.15, -0.1) is 11.3 Å². The molecule has 2 rings (SSSR count). The van der Waals surface area contributed by atoms with Crippen molar-refractivity contribution in [2.75, 3.05) is 31.6 Å². The molecule has 1 fully saturated rings. The smallest absolute Gasteiger partial charge is 0.185 e. The summed E-state index contributed by atoms with van der Waals surface area (Å²) < 4.78 is 5.44. The van der Waals surface area contributed by atoms with Crippen LogP contribution in [0.1, 0.15) is 43.7 Å². The fraction of sp³-hybridized carbons (Fsp3) is 0.800. The highest BCUT2D eigenvalue weighted by molar-refractivity contribution is 7.15. The van der Waals surface area contributed by atoms with Crippen molar-refractivity contribution in [3.8, 4) is 0 Å².